The number of fused-ring (bicyclic) bond motifs is 3. The van der Waals surface area contributed by atoms with Crippen molar-refractivity contribution in [1.29, 1.82) is 0 Å². The predicted octanol–water partition coefficient (Wildman–Crippen LogP) is 6.60. The second kappa shape index (κ2) is 13.0. The lowest BCUT2D eigenvalue weighted by Gasteiger charge is -2.45. The van der Waals surface area contributed by atoms with Gasteiger partial charge in [-0.15, -0.1) is 0 Å². The van der Waals surface area contributed by atoms with E-state index in [0.29, 0.717) is 31.2 Å². The maximum Gasteiger partial charge on any atom is 0.253 e. The van der Waals surface area contributed by atoms with Crippen LogP contribution in [0.1, 0.15) is 86.6 Å². The van der Waals surface area contributed by atoms with Gasteiger partial charge in [0.1, 0.15) is 16.5 Å². The molecule has 3 aliphatic heterocycles. The molecule has 0 spiro atoms. The number of halogens is 1. The van der Waals surface area contributed by atoms with Gasteiger partial charge in [0.05, 0.1) is 11.0 Å². The van der Waals surface area contributed by atoms with E-state index >= 15 is 0 Å². The summed E-state index contributed by atoms with van der Waals surface area (Å²) in [7, 11) is -4.09. The third-order valence-corrected chi connectivity index (χ3v) is 12.8. The van der Waals surface area contributed by atoms with Gasteiger partial charge < -0.3 is 9.47 Å². The first-order valence-electron chi connectivity index (χ1n) is 17.4. The van der Waals surface area contributed by atoms with Crippen LogP contribution in [0.5, 0.6) is 0 Å². The highest BCUT2D eigenvalue weighted by Crippen LogP contribution is 2.45. The Labute approximate surface area is 283 Å². The molecule has 4 aromatic rings. The van der Waals surface area contributed by atoms with Crippen molar-refractivity contribution < 1.29 is 17.6 Å². The molecule has 7 rings (SSSR count). The lowest BCUT2D eigenvalue weighted by Crippen LogP contribution is -2.49. The summed E-state index contributed by atoms with van der Waals surface area (Å²) >= 11 is 0. The summed E-state index contributed by atoms with van der Waals surface area (Å²) in [6, 6.07) is 24.0. The number of imidazole rings is 1. The molecule has 0 radical (unpaired) electrons. The van der Waals surface area contributed by atoms with Gasteiger partial charge in [-0.2, -0.15) is 0 Å². The molecule has 0 aliphatic carbocycles. The number of amides is 1. The second-order valence-corrected chi connectivity index (χ2v) is 16.1. The third-order valence-electron chi connectivity index (χ3n) is 11.1. The van der Waals surface area contributed by atoms with Gasteiger partial charge in [-0.25, -0.2) is 22.5 Å². The summed E-state index contributed by atoms with van der Waals surface area (Å²) in [5, 5.41) is 0. The average molecular weight is 672 g/mol. The van der Waals surface area contributed by atoms with E-state index in [1.807, 2.05) is 0 Å². The van der Waals surface area contributed by atoms with Crippen molar-refractivity contribution in [1.82, 2.24) is 24.1 Å². The number of aryl methyl sites for hydroxylation is 1. The summed E-state index contributed by atoms with van der Waals surface area (Å²) < 4.78 is 45.1. The minimum Gasteiger partial charge on any atom is -0.339 e. The Kier molecular flexibility index (Phi) is 8.93. The van der Waals surface area contributed by atoms with Crippen LogP contribution in [0, 0.1) is 12.7 Å². The van der Waals surface area contributed by atoms with Crippen LogP contribution in [0.15, 0.2) is 77.7 Å². The number of benzene rings is 3. The van der Waals surface area contributed by atoms with Crippen molar-refractivity contribution in [2.45, 2.75) is 100 Å². The topological polar surface area (TPSA) is 87.5 Å². The Morgan fingerprint density at radius 2 is 1.62 bits per heavy atom. The fourth-order valence-corrected chi connectivity index (χ4v) is 10.2. The maximum absolute atomic E-state index is 14.6. The molecule has 1 amide bonds. The summed E-state index contributed by atoms with van der Waals surface area (Å²) in [4.78, 5) is 22.6. The summed E-state index contributed by atoms with van der Waals surface area (Å²) in [6.07, 6.45) is 7.39. The van der Waals surface area contributed by atoms with E-state index in [1.54, 1.807) is 18.7 Å². The molecular weight excluding hydrogens is 626 g/mol. The second-order valence-electron chi connectivity index (χ2n) is 14.4. The minimum atomic E-state index is -4.09. The van der Waals surface area contributed by atoms with Crippen molar-refractivity contribution in [3.63, 3.8) is 0 Å². The van der Waals surface area contributed by atoms with Crippen LogP contribution in [0.2, 0.25) is 0 Å². The Morgan fingerprint density at radius 3 is 2.31 bits per heavy atom. The molecule has 4 heterocycles. The van der Waals surface area contributed by atoms with Crippen molar-refractivity contribution in [2.24, 2.45) is 0 Å². The SMILES string of the molecule is Cc1nc2ccccc2n1C1CC2CCC(C1)N2CCC1(c2ccccc2)CCN(C(=O)c2ccc(F)c(S(=O)(=O)NC(C)C)c2)CC1. The highest BCUT2D eigenvalue weighted by Gasteiger charge is 2.44. The highest BCUT2D eigenvalue weighted by atomic mass is 32.2. The molecule has 10 heteroatoms. The quantitative estimate of drug-likeness (QED) is 0.217. The van der Waals surface area contributed by atoms with Crippen LogP contribution in [0.25, 0.3) is 11.0 Å². The number of hydrogen-bond acceptors (Lipinski definition) is 5. The number of carbonyl (C=O) groups excluding carboxylic acids is 1. The highest BCUT2D eigenvalue weighted by molar-refractivity contribution is 7.89. The molecule has 2 bridgehead atoms. The molecule has 2 unspecified atom stereocenters. The van der Waals surface area contributed by atoms with Gasteiger partial charge in [-0.05, 0) is 114 Å². The van der Waals surface area contributed by atoms with Gasteiger partial charge in [-0.1, -0.05) is 42.5 Å². The lowest BCUT2D eigenvalue weighted by molar-refractivity contribution is 0.0606. The molecule has 1 aromatic heterocycles. The molecule has 254 valence electrons. The first kappa shape index (κ1) is 32.9. The molecule has 3 saturated heterocycles. The van der Waals surface area contributed by atoms with Gasteiger partial charge >= 0.3 is 0 Å². The third kappa shape index (κ3) is 6.18. The zero-order valence-corrected chi connectivity index (χ0v) is 28.9. The number of para-hydroxylation sites is 2. The standard InChI is InChI=1S/C38H46FN5O3S/c1-26(2)41-48(46,47)36-23-28(13-16-33(36)39)37(45)42-20-17-38(18-21-42,29-9-5-4-6-10-29)19-22-43-30-14-15-31(43)25-32(24-30)44-27(3)40-34-11-7-8-12-35(34)44/h4-13,16,23,26,30-32,41H,14-15,17-22,24-25H2,1-3H3. The Balaban J connectivity index is 1.06. The number of aromatic nitrogens is 2. The first-order valence-corrected chi connectivity index (χ1v) is 18.9. The molecule has 1 N–H and O–H groups in total. The Bertz CT molecular complexity index is 1890. The van der Waals surface area contributed by atoms with Crippen LogP contribution in [0.4, 0.5) is 4.39 Å². The van der Waals surface area contributed by atoms with Gasteiger partial charge in [0.2, 0.25) is 10.0 Å². The number of nitrogens with one attached hydrogen (secondary N) is 1. The number of hydrogen-bond donors (Lipinski definition) is 1. The van der Waals surface area contributed by atoms with E-state index in [2.05, 4.69) is 75.7 Å². The normalized spacial score (nSPS) is 22.9. The van der Waals surface area contributed by atoms with Crippen molar-refractivity contribution in [3.8, 4) is 0 Å². The molecule has 3 fully saturated rings. The van der Waals surface area contributed by atoms with Crippen LogP contribution in [0.3, 0.4) is 0 Å². The van der Waals surface area contributed by atoms with E-state index in [0.717, 1.165) is 56.1 Å². The molecule has 3 aromatic carbocycles. The molecule has 3 aliphatic rings. The smallest absolute Gasteiger partial charge is 0.253 e. The molecule has 0 saturated carbocycles. The molecule has 48 heavy (non-hydrogen) atoms. The van der Waals surface area contributed by atoms with E-state index in [-0.39, 0.29) is 16.9 Å². The Morgan fingerprint density at radius 1 is 0.958 bits per heavy atom. The predicted molar refractivity (Wildman–Crippen MR) is 186 cm³/mol. The van der Waals surface area contributed by atoms with Gasteiger partial charge in [0, 0.05) is 42.8 Å². The largest absolute Gasteiger partial charge is 0.339 e. The van der Waals surface area contributed by atoms with Crippen molar-refractivity contribution in [2.75, 3.05) is 19.6 Å². The van der Waals surface area contributed by atoms with Crippen molar-refractivity contribution >= 4 is 27.0 Å². The Hall–Kier alpha value is -3.60. The number of piperidine rings is 2. The maximum atomic E-state index is 14.6. The van der Waals surface area contributed by atoms with Crippen LogP contribution < -0.4 is 4.72 Å². The summed E-state index contributed by atoms with van der Waals surface area (Å²) in [5.74, 6) is -0.0304. The number of sulfonamides is 1. The molecule has 2 atom stereocenters. The van der Waals surface area contributed by atoms with Gasteiger partial charge in [-0.3, -0.25) is 9.69 Å². The first-order chi connectivity index (χ1) is 23.0. The summed E-state index contributed by atoms with van der Waals surface area (Å²) in [5.41, 5.74) is 3.75. The number of rotatable bonds is 9. The zero-order valence-electron chi connectivity index (χ0n) is 28.1. The fraction of sp³-hybridized carbons (Fsp3) is 0.474. The van der Waals surface area contributed by atoms with E-state index in [4.69, 9.17) is 4.98 Å². The van der Waals surface area contributed by atoms with E-state index < -0.39 is 26.8 Å². The zero-order chi connectivity index (χ0) is 33.6. The van der Waals surface area contributed by atoms with E-state index in [9.17, 15) is 17.6 Å². The monoisotopic (exact) mass is 671 g/mol. The molecule has 8 nitrogen and oxygen atoms in total. The summed E-state index contributed by atoms with van der Waals surface area (Å²) in [6.45, 7) is 7.62. The average Bonchev–Trinajstić information content (AvgIpc) is 3.53. The van der Waals surface area contributed by atoms with Crippen LogP contribution in [-0.4, -0.2) is 71.4 Å². The van der Waals surface area contributed by atoms with Gasteiger partial charge in [0.15, 0.2) is 0 Å². The molecular formula is C38H46FN5O3S. The fourth-order valence-electron chi connectivity index (χ4n) is 8.80. The van der Waals surface area contributed by atoms with E-state index in [1.165, 1.54) is 36.1 Å². The van der Waals surface area contributed by atoms with Gasteiger partial charge in [0.25, 0.3) is 5.91 Å². The van der Waals surface area contributed by atoms with Crippen LogP contribution in [-0.2, 0) is 15.4 Å². The number of carbonyl (C=O) groups is 1. The van der Waals surface area contributed by atoms with Crippen molar-refractivity contribution in [3.05, 3.63) is 95.6 Å². The minimum absolute atomic E-state index is 0.0655. The number of nitrogens with zero attached hydrogens (tertiary/aromatic N) is 4. The van der Waals surface area contributed by atoms with Crippen LogP contribution >= 0.6 is 0 Å². The lowest BCUT2D eigenvalue weighted by atomic mass is 9.70. The number of likely N-dealkylation sites (tertiary alicyclic amines) is 1.